The molecular weight excluding hydrogens is 332 g/mol. The van der Waals surface area contributed by atoms with Crippen LogP contribution in [0.15, 0.2) is 48.1 Å². The number of nitrogens with zero attached hydrogens (tertiary/aromatic N) is 3. The van der Waals surface area contributed by atoms with Crippen molar-refractivity contribution in [1.82, 2.24) is 9.97 Å². The fourth-order valence-corrected chi connectivity index (χ4v) is 3.53. The zero-order chi connectivity index (χ0) is 17.4. The summed E-state index contributed by atoms with van der Waals surface area (Å²) < 4.78 is 6.69. The number of methoxy groups -OCH3 is 1. The van der Waals surface area contributed by atoms with E-state index in [0.29, 0.717) is 0 Å². The first-order valence-electron chi connectivity index (χ1n) is 7.90. The number of aromatic nitrogens is 2. The first-order valence-corrected chi connectivity index (χ1v) is 8.78. The standard InChI is InChI=1S/C19H18N4OS/c1-23(2)17-9-13-14(6-7-20-15(13)10-18(17)24-3)22-12-4-5-19-16(8-12)21-11-25-19/h4-11H,1-3H3,(H,20,22). The molecule has 4 rings (SSSR count). The highest BCUT2D eigenvalue weighted by Crippen LogP contribution is 2.35. The maximum atomic E-state index is 5.50. The molecule has 0 saturated carbocycles. The molecule has 4 aromatic rings. The molecule has 1 N–H and O–H groups in total. The van der Waals surface area contributed by atoms with Crippen molar-refractivity contribution in [3.8, 4) is 5.75 Å². The van der Waals surface area contributed by atoms with Crippen molar-refractivity contribution in [3.05, 3.63) is 48.1 Å². The molecule has 2 aromatic heterocycles. The second-order valence-corrected chi connectivity index (χ2v) is 6.84. The Labute approximate surface area is 149 Å². The van der Waals surface area contributed by atoms with Crippen molar-refractivity contribution in [3.63, 3.8) is 0 Å². The Balaban J connectivity index is 1.81. The lowest BCUT2D eigenvalue weighted by molar-refractivity contribution is 0.416. The molecule has 0 unspecified atom stereocenters. The number of fused-ring (bicyclic) bond motifs is 2. The largest absolute Gasteiger partial charge is 0.495 e. The Morgan fingerprint density at radius 1 is 1.04 bits per heavy atom. The van der Waals surface area contributed by atoms with Crippen LogP contribution in [0.5, 0.6) is 5.75 Å². The predicted octanol–water partition coefficient (Wildman–Crippen LogP) is 4.66. The Bertz CT molecular complexity index is 1060. The third-order valence-electron chi connectivity index (χ3n) is 4.13. The van der Waals surface area contributed by atoms with Crippen molar-refractivity contribution in [1.29, 1.82) is 0 Å². The second kappa shape index (κ2) is 6.22. The van der Waals surface area contributed by atoms with E-state index in [1.54, 1.807) is 24.6 Å². The summed E-state index contributed by atoms with van der Waals surface area (Å²) in [6.07, 6.45) is 1.81. The van der Waals surface area contributed by atoms with Crippen LogP contribution >= 0.6 is 11.3 Å². The first-order chi connectivity index (χ1) is 12.2. The normalized spacial score (nSPS) is 11.0. The van der Waals surface area contributed by atoms with E-state index in [0.717, 1.165) is 39.2 Å². The monoisotopic (exact) mass is 350 g/mol. The van der Waals surface area contributed by atoms with E-state index < -0.39 is 0 Å². The van der Waals surface area contributed by atoms with Crippen molar-refractivity contribution < 1.29 is 4.74 Å². The van der Waals surface area contributed by atoms with E-state index in [2.05, 4.69) is 39.6 Å². The third kappa shape index (κ3) is 2.85. The van der Waals surface area contributed by atoms with E-state index >= 15 is 0 Å². The molecule has 126 valence electrons. The van der Waals surface area contributed by atoms with Gasteiger partial charge in [0.15, 0.2) is 0 Å². The molecule has 0 bridgehead atoms. The van der Waals surface area contributed by atoms with Crippen LogP contribution in [0.1, 0.15) is 0 Å². The van der Waals surface area contributed by atoms with Gasteiger partial charge < -0.3 is 15.0 Å². The van der Waals surface area contributed by atoms with E-state index in [9.17, 15) is 0 Å². The zero-order valence-electron chi connectivity index (χ0n) is 14.3. The lowest BCUT2D eigenvalue weighted by Gasteiger charge is -2.18. The van der Waals surface area contributed by atoms with Gasteiger partial charge in [-0.3, -0.25) is 4.98 Å². The van der Waals surface area contributed by atoms with E-state index in [-0.39, 0.29) is 0 Å². The Hall–Kier alpha value is -2.86. The highest BCUT2D eigenvalue weighted by atomic mass is 32.1. The van der Waals surface area contributed by atoms with Gasteiger partial charge in [0.2, 0.25) is 0 Å². The van der Waals surface area contributed by atoms with Gasteiger partial charge in [0.05, 0.1) is 34.0 Å². The van der Waals surface area contributed by atoms with Crippen molar-refractivity contribution >= 4 is 49.5 Å². The lowest BCUT2D eigenvalue weighted by Crippen LogP contribution is -2.10. The zero-order valence-corrected chi connectivity index (χ0v) is 15.1. The van der Waals surface area contributed by atoms with Gasteiger partial charge in [-0.2, -0.15) is 0 Å². The summed E-state index contributed by atoms with van der Waals surface area (Å²) in [5, 5.41) is 4.54. The van der Waals surface area contributed by atoms with Crippen molar-refractivity contribution in [2.75, 3.05) is 31.4 Å². The average molecular weight is 350 g/mol. The molecule has 0 aliphatic heterocycles. The maximum Gasteiger partial charge on any atom is 0.144 e. The fraction of sp³-hybridized carbons (Fsp3) is 0.158. The minimum absolute atomic E-state index is 0.811. The van der Waals surface area contributed by atoms with Crippen LogP contribution in [0.4, 0.5) is 17.1 Å². The summed E-state index contributed by atoms with van der Waals surface area (Å²) in [4.78, 5) is 10.9. The Morgan fingerprint density at radius 3 is 2.72 bits per heavy atom. The first kappa shape index (κ1) is 15.7. The molecule has 25 heavy (non-hydrogen) atoms. The fourth-order valence-electron chi connectivity index (χ4n) is 2.88. The average Bonchev–Trinajstić information content (AvgIpc) is 3.08. The predicted molar refractivity (Wildman–Crippen MR) is 106 cm³/mol. The smallest absolute Gasteiger partial charge is 0.144 e. The minimum Gasteiger partial charge on any atom is -0.495 e. The number of hydrogen-bond donors (Lipinski definition) is 1. The highest BCUT2D eigenvalue weighted by Gasteiger charge is 2.11. The molecule has 2 heterocycles. The quantitative estimate of drug-likeness (QED) is 0.580. The van der Waals surface area contributed by atoms with Gasteiger partial charge in [-0.15, -0.1) is 11.3 Å². The van der Waals surface area contributed by atoms with Gasteiger partial charge >= 0.3 is 0 Å². The summed E-state index contributed by atoms with van der Waals surface area (Å²) in [7, 11) is 5.69. The molecule has 2 aromatic carbocycles. The van der Waals surface area contributed by atoms with Gasteiger partial charge in [-0.05, 0) is 30.3 Å². The Morgan fingerprint density at radius 2 is 1.92 bits per heavy atom. The van der Waals surface area contributed by atoms with Gasteiger partial charge in [0.25, 0.3) is 0 Å². The van der Waals surface area contributed by atoms with Gasteiger partial charge in [-0.25, -0.2) is 4.98 Å². The molecule has 0 atom stereocenters. The van der Waals surface area contributed by atoms with Crippen LogP contribution in [0.3, 0.4) is 0 Å². The second-order valence-electron chi connectivity index (χ2n) is 5.95. The molecule has 0 radical (unpaired) electrons. The topological polar surface area (TPSA) is 50.3 Å². The van der Waals surface area contributed by atoms with Crippen LogP contribution in [-0.2, 0) is 0 Å². The van der Waals surface area contributed by atoms with Crippen LogP contribution < -0.4 is 15.0 Å². The summed E-state index contributed by atoms with van der Waals surface area (Å²) in [5.41, 5.74) is 6.79. The molecule has 0 spiro atoms. The number of nitrogens with one attached hydrogen (secondary N) is 1. The number of pyridine rings is 1. The number of rotatable bonds is 4. The van der Waals surface area contributed by atoms with Gasteiger partial charge in [0, 0.05) is 43.1 Å². The summed E-state index contributed by atoms with van der Waals surface area (Å²) in [5.74, 6) is 0.811. The Kier molecular flexibility index (Phi) is 3.89. The van der Waals surface area contributed by atoms with Gasteiger partial charge in [-0.1, -0.05) is 0 Å². The molecular formula is C19H18N4OS. The molecule has 0 fully saturated rings. The molecule has 0 amide bonds. The molecule has 0 saturated heterocycles. The number of anilines is 3. The third-order valence-corrected chi connectivity index (χ3v) is 4.94. The van der Waals surface area contributed by atoms with Crippen molar-refractivity contribution in [2.45, 2.75) is 0 Å². The van der Waals surface area contributed by atoms with E-state index in [1.807, 2.05) is 36.6 Å². The number of thiazole rings is 1. The van der Waals surface area contributed by atoms with E-state index in [4.69, 9.17) is 4.74 Å². The maximum absolute atomic E-state index is 5.50. The highest BCUT2D eigenvalue weighted by molar-refractivity contribution is 7.16. The summed E-state index contributed by atoms with van der Waals surface area (Å²) >= 11 is 1.65. The molecule has 5 nitrogen and oxygen atoms in total. The molecule has 6 heteroatoms. The van der Waals surface area contributed by atoms with Crippen LogP contribution in [0, 0.1) is 0 Å². The summed E-state index contributed by atoms with van der Waals surface area (Å²) in [6, 6.07) is 12.3. The van der Waals surface area contributed by atoms with Crippen LogP contribution in [0.2, 0.25) is 0 Å². The number of hydrogen-bond acceptors (Lipinski definition) is 6. The van der Waals surface area contributed by atoms with Crippen LogP contribution in [-0.4, -0.2) is 31.2 Å². The minimum atomic E-state index is 0.811. The lowest BCUT2D eigenvalue weighted by atomic mass is 10.1. The van der Waals surface area contributed by atoms with Crippen molar-refractivity contribution in [2.24, 2.45) is 0 Å². The number of benzene rings is 2. The number of ether oxygens (including phenoxy) is 1. The van der Waals surface area contributed by atoms with Gasteiger partial charge in [0.1, 0.15) is 5.75 Å². The summed E-state index contributed by atoms with van der Waals surface area (Å²) in [6.45, 7) is 0. The van der Waals surface area contributed by atoms with E-state index in [1.165, 1.54) is 4.70 Å². The molecule has 0 aliphatic rings. The van der Waals surface area contributed by atoms with Crippen LogP contribution in [0.25, 0.3) is 21.1 Å². The SMILES string of the molecule is COc1cc2nccc(Nc3ccc4scnc4c3)c2cc1N(C)C. The molecule has 0 aliphatic carbocycles.